The number of fused-ring (bicyclic) bond motifs is 1. The van der Waals surface area contributed by atoms with E-state index in [0.29, 0.717) is 6.04 Å². The number of aromatic nitrogens is 2. The number of imidazole rings is 1. The Hall–Kier alpha value is -1.23. The maximum atomic E-state index is 11.3. The van der Waals surface area contributed by atoms with Crippen LogP contribution in [0.2, 0.25) is 0 Å². The minimum atomic E-state index is -0.163. The molecule has 1 aliphatic rings. The molecule has 1 heterocycles. The molecule has 0 spiro atoms. The fourth-order valence-electron chi connectivity index (χ4n) is 2.72. The van der Waals surface area contributed by atoms with Gasteiger partial charge in [-0.2, -0.15) is 0 Å². The first-order chi connectivity index (χ1) is 8.61. The second-order valence-corrected chi connectivity index (χ2v) is 6.07. The zero-order chi connectivity index (χ0) is 12.7. The fourth-order valence-corrected chi connectivity index (χ4v) is 3.18. The molecule has 96 valence electrons. The summed E-state index contributed by atoms with van der Waals surface area (Å²) in [5.41, 5.74) is 2.56. The first kappa shape index (κ1) is 11.8. The monoisotopic (exact) mass is 309 g/mol. The molecule has 1 saturated carbocycles. The van der Waals surface area contributed by atoms with Crippen molar-refractivity contribution in [1.29, 1.82) is 0 Å². The topological polar surface area (TPSA) is 60.7 Å². The quantitative estimate of drug-likeness (QED) is 0.797. The minimum Gasteiger partial charge on any atom is -0.381 e. The molecule has 2 atom stereocenters. The molecule has 0 radical (unpaired) electrons. The summed E-state index contributed by atoms with van der Waals surface area (Å²) in [5, 5.41) is 3.56. The molecule has 3 rings (SSSR count). The van der Waals surface area contributed by atoms with Crippen LogP contribution in [0.3, 0.4) is 0 Å². The van der Waals surface area contributed by atoms with Crippen LogP contribution in [0.15, 0.2) is 21.4 Å². The normalized spacial score (nSPS) is 23.7. The molecule has 1 aromatic carbocycles. The number of aromatic amines is 2. The molecule has 1 aliphatic carbocycles. The molecule has 4 nitrogen and oxygen atoms in total. The largest absolute Gasteiger partial charge is 0.381 e. The van der Waals surface area contributed by atoms with E-state index in [1.807, 2.05) is 12.1 Å². The average molecular weight is 310 g/mol. The predicted octanol–water partition coefficient (Wildman–Crippen LogP) is 3.22. The number of hydrogen-bond donors (Lipinski definition) is 3. The van der Waals surface area contributed by atoms with Gasteiger partial charge in [-0.25, -0.2) is 4.79 Å². The third-order valence-electron chi connectivity index (χ3n) is 3.66. The highest BCUT2D eigenvalue weighted by Gasteiger charge is 2.21. The number of hydrogen-bond acceptors (Lipinski definition) is 2. The van der Waals surface area contributed by atoms with E-state index in [4.69, 9.17) is 0 Å². The Bertz CT molecular complexity index is 631. The van der Waals surface area contributed by atoms with Gasteiger partial charge in [0.15, 0.2) is 0 Å². The van der Waals surface area contributed by atoms with Gasteiger partial charge in [0.2, 0.25) is 0 Å². The summed E-state index contributed by atoms with van der Waals surface area (Å²) in [5.74, 6) is 0.803. The lowest BCUT2D eigenvalue weighted by molar-refractivity contribution is 0.602. The molecule has 5 heteroatoms. The standard InChI is InChI=1S/C13H16BrN3O/c1-7-2-3-8(4-7)15-10-6-12-11(5-9(10)14)16-13(18)17-12/h5-8,15H,2-4H2,1H3,(H2,16,17,18). The summed E-state index contributed by atoms with van der Waals surface area (Å²) in [6.45, 7) is 2.30. The first-order valence-corrected chi connectivity index (χ1v) is 7.09. The average Bonchev–Trinajstić information content (AvgIpc) is 2.85. The van der Waals surface area contributed by atoms with E-state index < -0.39 is 0 Å². The lowest BCUT2D eigenvalue weighted by Crippen LogP contribution is -2.15. The van der Waals surface area contributed by atoms with E-state index in [1.54, 1.807) is 0 Å². The molecule has 2 unspecified atom stereocenters. The van der Waals surface area contributed by atoms with Crippen molar-refractivity contribution in [3.63, 3.8) is 0 Å². The van der Waals surface area contributed by atoms with E-state index in [1.165, 1.54) is 19.3 Å². The fraction of sp³-hybridized carbons (Fsp3) is 0.462. The Morgan fingerprint density at radius 3 is 2.67 bits per heavy atom. The molecule has 1 aromatic heterocycles. The summed E-state index contributed by atoms with van der Waals surface area (Å²) >= 11 is 3.55. The molecule has 18 heavy (non-hydrogen) atoms. The summed E-state index contributed by atoms with van der Waals surface area (Å²) in [6, 6.07) is 4.47. The van der Waals surface area contributed by atoms with Crippen molar-refractivity contribution >= 4 is 32.7 Å². The molecule has 0 bridgehead atoms. The number of anilines is 1. The number of benzene rings is 1. The minimum absolute atomic E-state index is 0.163. The Kier molecular flexibility index (Phi) is 2.93. The van der Waals surface area contributed by atoms with Crippen LogP contribution in [0.25, 0.3) is 11.0 Å². The van der Waals surface area contributed by atoms with Crippen molar-refractivity contribution in [2.45, 2.75) is 32.2 Å². The van der Waals surface area contributed by atoms with Gasteiger partial charge < -0.3 is 15.3 Å². The van der Waals surface area contributed by atoms with Gasteiger partial charge in [-0.15, -0.1) is 0 Å². The van der Waals surface area contributed by atoms with Gasteiger partial charge in [-0.05, 0) is 53.2 Å². The SMILES string of the molecule is CC1CCC(Nc2cc3[nH]c(=O)[nH]c3cc2Br)C1. The Labute approximate surface area is 113 Å². The summed E-state index contributed by atoms with van der Waals surface area (Å²) in [6.07, 6.45) is 3.72. The van der Waals surface area contributed by atoms with Crippen LogP contribution < -0.4 is 11.0 Å². The molecular weight excluding hydrogens is 294 g/mol. The Morgan fingerprint density at radius 2 is 2.00 bits per heavy atom. The molecule has 0 saturated heterocycles. The maximum absolute atomic E-state index is 11.3. The Balaban J connectivity index is 1.91. The van der Waals surface area contributed by atoms with Gasteiger partial charge in [0, 0.05) is 10.5 Å². The van der Waals surface area contributed by atoms with Crippen molar-refractivity contribution in [2.24, 2.45) is 5.92 Å². The summed E-state index contributed by atoms with van der Waals surface area (Å²) in [7, 11) is 0. The number of nitrogens with one attached hydrogen (secondary N) is 3. The number of halogens is 1. The smallest absolute Gasteiger partial charge is 0.323 e. The van der Waals surface area contributed by atoms with Gasteiger partial charge in [0.05, 0.1) is 16.7 Å². The molecule has 3 N–H and O–H groups in total. The van der Waals surface area contributed by atoms with Crippen molar-refractivity contribution < 1.29 is 0 Å². The van der Waals surface area contributed by atoms with Crippen molar-refractivity contribution in [1.82, 2.24) is 9.97 Å². The second-order valence-electron chi connectivity index (χ2n) is 5.22. The van der Waals surface area contributed by atoms with Gasteiger partial charge in [-0.3, -0.25) is 0 Å². The van der Waals surface area contributed by atoms with E-state index in [0.717, 1.165) is 27.1 Å². The summed E-state index contributed by atoms with van der Waals surface area (Å²) < 4.78 is 0.991. The van der Waals surface area contributed by atoms with Crippen LogP contribution in [0.1, 0.15) is 26.2 Å². The van der Waals surface area contributed by atoms with Crippen LogP contribution in [0.5, 0.6) is 0 Å². The lowest BCUT2D eigenvalue weighted by atomic mass is 10.1. The van der Waals surface area contributed by atoms with Gasteiger partial charge in [-0.1, -0.05) is 6.92 Å². The summed E-state index contributed by atoms with van der Waals surface area (Å²) in [4.78, 5) is 16.8. The van der Waals surface area contributed by atoms with Crippen molar-refractivity contribution in [3.8, 4) is 0 Å². The molecule has 1 fully saturated rings. The highest BCUT2D eigenvalue weighted by molar-refractivity contribution is 9.10. The third kappa shape index (κ3) is 2.19. The van der Waals surface area contributed by atoms with E-state index in [-0.39, 0.29) is 5.69 Å². The maximum Gasteiger partial charge on any atom is 0.323 e. The van der Waals surface area contributed by atoms with E-state index in [2.05, 4.69) is 38.1 Å². The van der Waals surface area contributed by atoms with E-state index in [9.17, 15) is 4.79 Å². The zero-order valence-corrected chi connectivity index (χ0v) is 11.8. The van der Waals surface area contributed by atoms with Crippen molar-refractivity contribution in [2.75, 3.05) is 5.32 Å². The Morgan fingerprint density at radius 1 is 1.28 bits per heavy atom. The van der Waals surface area contributed by atoms with Crippen LogP contribution in [-0.2, 0) is 0 Å². The highest BCUT2D eigenvalue weighted by Crippen LogP contribution is 2.32. The van der Waals surface area contributed by atoms with Crippen LogP contribution in [-0.4, -0.2) is 16.0 Å². The second kappa shape index (κ2) is 4.46. The van der Waals surface area contributed by atoms with Gasteiger partial charge in [0.25, 0.3) is 0 Å². The highest BCUT2D eigenvalue weighted by atomic mass is 79.9. The molecular formula is C13H16BrN3O. The lowest BCUT2D eigenvalue weighted by Gasteiger charge is -2.15. The molecule has 0 amide bonds. The van der Waals surface area contributed by atoms with Gasteiger partial charge >= 0.3 is 5.69 Å². The first-order valence-electron chi connectivity index (χ1n) is 6.30. The van der Waals surface area contributed by atoms with Crippen LogP contribution in [0, 0.1) is 5.92 Å². The van der Waals surface area contributed by atoms with E-state index >= 15 is 0 Å². The zero-order valence-electron chi connectivity index (χ0n) is 10.2. The number of H-pyrrole nitrogens is 2. The van der Waals surface area contributed by atoms with Crippen LogP contribution >= 0.6 is 15.9 Å². The van der Waals surface area contributed by atoms with Crippen LogP contribution in [0.4, 0.5) is 5.69 Å². The third-order valence-corrected chi connectivity index (χ3v) is 4.31. The van der Waals surface area contributed by atoms with Crippen molar-refractivity contribution in [3.05, 3.63) is 27.1 Å². The predicted molar refractivity (Wildman–Crippen MR) is 77.0 cm³/mol. The van der Waals surface area contributed by atoms with Gasteiger partial charge in [0.1, 0.15) is 0 Å². The number of rotatable bonds is 2. The molecule has 2 aromatic rings. The molecule has 0 aliphatic heterocycles.